The van der Waals surface area contributed by atoms with Crippen LogP contribution >= 0.6 is 11.3 Å². The number of fused-ring (bicyclic) bond motifs is 1. The van der Waals surface area contributed by atoms with Crippen LogP contribution in [0.3, 0.4) is 0 Å². The third-order valence-electron chi connectivity index (χ3n) is 4.01. The highest BCUT2D eigenvalue weighted by Crippen LogP contribution is 2.48. The van der Waals surface area contributed by atoms with Crippen LogP contribution in [0.4, 0.5) is 5.95 Å². The first-order valence-electron chi connectivity index (χ1n) is 6.71. The molecule has 19 heavy (non-hydrogen) atoms. The third kappa shape index (κ3) is 1.89. The van der Waals surface area contributed by atoms with Crippen molar-refractivity contribution >= 4 is 17.3 Å². The Hall–Kier alpha value is -1.62. The van der Waals surface area contributed by atoms with Crippen molar-refractivity contribution in [2.24, 2.45) is 5.92 Å². The van der Waals surface area contributed by atoms with E-state index in [1.807, 2.05) is 11.3 Å². The van der Waals surface area contributed by atoms with Gasteiger partial charge in [-0.1, -0.05) is 0 Å². The molecular formula is C14H15N3OS. The number of thiophene rings is 1. The van der Waals surface area contributed by atoms with E-state index in [1.165, 1.54) is 29.3 Å². The minimum atomic E-state index is -0.0735. The molecule has 3 heterocycles. The molecule has 98 valence electrons. The van der Waals surface area contributed by atoms with Gasteiger partial charge >= 0.3 is 0 Å². The van der Waals surface area contributed by atoms with Crippen LogP contribution in [0.5, 0.6) is 0 Å². The summed E-state index contributed by atoms with van der Waals surface area (Å²) < 4.78 is 0. The summed E-state index contributed by atoms with van der Waals surface area (Å²) in [5.41, 5.74) is 1.38. The van der Waals surface area contributed by atoms with Crippen molar-refractivity contribution in [1.29, 1.82) is 0 Å². The molecule has 0 spiro atoms. The van der Waals surface area contributed by atoms with Gasteiger partial charge in [-0.05, 0) is 42.2 Å². The number of rotatable bonds is 2. The van der Waals surface area contributed by atoms with Gasteiger partial charge in [-0.2, -0.15) is 0 Å². The molecule has 0 amide bonds. The molecule has 1 fully saturated rings. The smallest absolute Gasteiger partial charge is 0.252 e. The topological polar surface area (TPSA) is 49.0 Å². The maximum absolute atomic E-state index is 11.5. The SMILES string of the molecule is O=c1ccnc(N2CCc3sccc3C2C2CC2)[nH]1. The van der Waals surface area contributed by atoms with E-state index in [2.05, 4.69) is 26.3 Å². The van der Waals surface area contributed by atoms with Crippen molar-refractivity contribution in [3.05, 3.63) is 44.5 Å². The zero-order valence-corrected chi connectivity index (χ0v) is 11.3. The number of nitrogens with one attached hydrogen (secondary N) is 1. The first-order valence-corrected chi connectivity index (χ1v) is 7.59. The summed E-state index contributed by atoms with van der Waals surface area (Å²) in [4.78, 5) is 22.5. The van der Waals surface area contributed by atoms with Gasteiger partial charge in [0.25, 0.3) is 5.56 Å². The van der Waals surface area contributed by atoms with Crippen LogP contribution < -0.4 is 10.5 Å². The molecule has 2 aromatic rings. The minimum Gasteiger partial charge on any atom is -0.335 e. The van der Waals surface area contributed by atoms with E-state index >= 15 is 0 Å². The number of aromatic amines is 1. The van der Waals surface area contributed by atoms with Gasteiger partial charge in [0.15, 0.2) is 0 Å². The van der Waals surface area contributed by atoms with E-state index in [9.17, 15) is 4.79 Å². The Morgan fingerprint density at radius 2 is 2.26 bits per heavy atom. The minimum absolute atomic E-state index is 0.0735. The number of hydrogen-bond donors (Lipinski definition) is 1. The molecule has 1 saturated carbocycles. The normalized spacial score (nSPS) is 22.3. The molecule has 1 atom stereocenters. The van der Waals surface area contributed by atoms with Crippen molar-refractivity contribution in [3.63, 3.8) is 0 Å². The van der Waals surface area contributed by atoms with E-state index in [0.29, 0.717) is 6.04 Å². The Morgan fingerprint density at radius 3 is 3.05 bits per heavy atom. The van der Waals surface area contributed by atoms with Gasteiger partial charge in [0.05, 0.1) is 6.04 Å². The molecule has 0 radical (unpaired) electrons. The van der Waals surface area contributed by atoms with Crippen molar-refractivity contribution in [2.75, 3.05) is 11.4 Å². The molecule has 5 heteroatoms. The van der Waals surface area contributed by atoms with E-state index in [0.717, 1.165) is 24.8 Å². The number of nitrogens with zero attached hydrogens (tertiary/aromatic N) is 2. The summed E-state index contributed by atoms with van der Waals surface area (Å²) in [6.45, 7) is 0.946. The van der Waals surface area contributed by atoms with Crippen LogP contribution in [0.1, 0.15) is 29.3 Å². The fourth-order valence-corrected chi connectivity index (χ4v) is 3.92. The van der Waals surface area contributed by atoms with Crippen LogP contribution in [0, 0.1) is 5.92 Å². The summed E-state index contributed by atoms with van der Waals surface area (Å²) in [5, 5.41) is 2.19. The average Bonchev–Trinajstić information content (AvgIpc) is 3.14. The zero-order chi connectivity index (χ0) is 12.8. The number of aromatic nitrogens is 2. The first kappa shape index (κ1) is 11.2. The highest BCUT2D eigenvalue weighted by molar-refractivity contribution is 7.10. The molecule has 2 aliphatic rings. The molecule has 0 bridgehead atoms. The van der Waals surface area contributed by atoms with E-state index in [1.54, 1.807) is 6.20 Å². The lowest BCUT2D eigenvalue weighted by atomic mass is 9.96. The number of anilines is 1. The Bertz CT molecular complexity index is 658. The molecule has 2 aromatic heterocycles. The highest BCUT2D eigenvalue weighted by atomic mass is 32.1. The maximum atomic E-state index is 11.5. The lowest BCUT2D eigenvalue weighted by Crippen LogP contribution is -2.37. The quantitative estimate of drug-likeness (QED) is 0.913. The van der Waals surface area contributed by atoms with Crippen LogP contribution in [-0.4, -0.2) is 16.5 Å². The number of hydrogen-bond acceptors (Lipinski definition) is 4. The average molecular weight is 273 g/mol. The summed E-state index contributed by atoms with van der Waals surface area (Å²) >= 11 is 1.86. The van der Waals surface area contributed by atoms with E-state index < -0.39 is 0 Å². The molecule has 1 aliphatic heterocycles. The molecule has 0 saturated heterocycles. The van der Waals surface area contributed by atoms with Crippen LogP contribution in [0.15, 0.2) is 28.5 Å². The van der Waals surface area contributed by atoms with Crippen LogP contribution in [-0.2, 0) is 6.42 Å². The van der Waals surface area contributed by atoms with Gasteiger partial charge < -0.3 is 4.90 Å². The predicted octanol–water partition coefficient (Wildman–Crippen LogP) is 2.35. The first-order chi connectivity index (χ1) is 9.33. The second-order valence-corrected chi connectivity index (χ2v) is 6.28. The van der Waals surface area contributed by atoms with Gasteiger partial charge in [-0.3, -0.25) is 9.78 Å². The Morgan fingerprint density at radius 1 is 1.37 bits per heavy atom. The third-order valence-corrected chi connectivity index (χ3v) is 5.01. The van der Waals surface area contributed by atoms with Gasteiger partial charge in [0.2, 0.25) is 5.95 Å². The van der Waals surface area contributed by atoms with Crippen LogP contribution in [0.2, 0.25) is 0 Å². The molecule has 1 unspecified atom stereocenters. The molecule has 1 aliphatic carbocycles. The van der Waals surface area contributed by atoms with Gasteiger partial charge in [0, 0.05) is 23.7 Å². The van der Waals surface area contributed by atoms with Gasteiger partial charge in [-0.15, -0.1) is 11.3 Å². The Kier molecular flexibility index (Phi) is 2.48. The molecule has 1 N–H and O–H groups in total. The maximum Gasteiger partial charge on any atom is 0.252 e. The number of H-pyrrole nitrogens is 1. The summed E-state index contributed by atoms with van der Waals surface area (Å²) in [6, 6.07) is 4.12. The summed E-state index contributed by atoms with van der Waals surface area (Å²) in [7, 11) is 0. The monoisotopic (exact) mass is 273 g/mol. The van der Waals surface area contributed by atoms with Crippen molar-refractivity contribution in [1.82, 2.24) is 9.97 Å². The predicted molar refractivity (Wildman–Crippen MR) is 75.7 cm³/mol. The van der Waals surface area contributed by atoms with Gasteiger partial charge in [-0.25, -0.2) is 4.98 Å². The van der Waals surface area contributed by atoms with E-state index in [4.69, 9.17) is 0 Å². The zero-order valence-electron chi connectivity index (χ0n) is 10.5. The second-order valence-electron chi connectivity index (χ2n) is 5.28. The second kappa shape index (κ2) is 4.20. The largest absolute Gasteiger partial charge is 0.335 e. The summed E-state index contributed by atoms with van der Waals surface area (Å²) in [6.07, 6.45) is 5.22. The highest BCUT2D eigenvalue weighted by Gasteiger charge is 2.40. The lowest BCUT2D eigenvalue weighted by Gasteiger charge is -2.36. The molecule has 0 aromatic carbocycles. The summed E-state index contributed by atoms with van der Waals surface area (Å²) in [5.74, 6) is 1.44. The fourth-order valence-electron chi connectivity index (χ4n) is 3.01. The Labute approximate surface area is 115 Å². The van der Waals surface area contributed by atoms with Crippen molar-refractivity contribution in [2.45, 2.75) is 25.3 Å². The van der Waals surface area contributed by atoms with Gasteiger partial charge in [0.1, 0.15) is 0 Å². The molecule has 4 rings (SSSR count). The van der Waals surface area contributed by atoms with Crippen LogP contribution in [0.25, 0.3) is 0 Å². The molecule has 4 nitrogen and oxygen atoms in total. The standard InChI is InChI=1S/C14H15N3OS/c18-12-3-6-15-14(16-12)17-7-4-11-10(5-8-19-11)13(17)9-1-2-9/h3,5-6,8-9,13H,1-2,4,7H2,(H,15,16,18). The van der Waals surface area contributed by atoms with E-state index in [-0.39, 0.29) is 5.56 Å². The van der Waals surface area contributed by atoms with Crippen molar-refractivity contribution < 1.29 is 0 Å². The van der Waals surface area contributed by atoms with Crippen molar-refractivity contribution in [3.8, 4) is 0 Å². The fraction of sp³-hybridized carbons (Fsp3) is 0.429. The molecular weight excluding hydrogens is 258 g/mol. The Balaban J connectivity index is 1.78. The lowest BCUT2D eigenvalue weighted by molar-refractivity contribution is 0.521.